The van der Waals surface area contributed by atoms with Gasteiger partial charge in [0.15, 0.2) is 0 Å². The summed E-state index contributed by atoms with van der Waals surface area (Å²) in [7, 11) is 0. The van der Waals surface area contributed by atoms with E-state index >= 15 is 0 Å². The molecule has 3 rings (SSSR count). The van der Waals surface area contributed by atoms with E-state index in [1.54, 1.807) is 0 Å². The van der Waals surface area contributed by atoms with Gasteiger partial charge in [-0.3, -0.25) is 4.79 Å². The minimum absolute atomic E-state index is 0.0287. The van der Waals surface area contributed by atoms with E-state index in [-0.39, 0.29) is 17.3 Å². The molecule has 3 heteroatoms. The fraction of sp³-hybridized carbons (Fsp3) is 0.500. The number of carboxylic acid groups (broad SMARTS) is 1. The maximum absolute atomic E-state index is 11.6. The first kappa shape index (κ1) is 14.2. The van der Waals surface area contributed by atoms with Crippen LogP contribution in [0.15, 0.2) is 28.7 Å². The molecule has 3 nitrogen and oxygen atoms in total. The fourth-order valence-corrected chi connectivity index (χ4v) is 3.55. The van der Waals surface area contributed by atoms with Gasteiger partial charge in [-0.15, -0.1) is 0 Å². The second-order valence-electron chi connectivity index (χ2n) is 7.15. The molecular formula is C18H22O3. The van der Waals surface area contributed by atoms with Gasteiger partial charge >= 0.3 is 5.97 Å². The molecular weight excluding hydrogens is 264 g/mol. The SMILES string of the molecule is Cc1ccc2oc(C3CC(C)(C)CCC3C(=O)O)cc2c1. The highest BCUT2D eigenvalue weighted by Crippen LogP contribution is 2.47. The van der Waals surface area contributed by atoms with Crippen LogP contribution in [0.4, 0.5) is 0 Å². The van der Waals surface area contributed by atoms with E-state index in [0.717, 1.165) is 36.0 Å². The van der Waals surface area contributed by atoms with Crippen LogP contribution in [0.5, 0.6) is 0 Å². The van der Waals surface area contributed by atoms with Crippen molar-refractivity contribution in [3.8, 4) is 0 Å². The minimum atomic E-state index is -0.702. The van der Waals surface area contributed by atoms with Gasteiger partial charge < -0.3 is 9.52 Å². The predicted octanol–water partition coefficient (Wildman–Crippen LogP) is 4.74. The molecule has 0 amide bonds. The molecule has 2 unspecified atom stereocenters. The third-order valence-electron chi connectivity index (χ3n) is 4.76. The van der Waals surface area contributed by atoms with E-state index in [1.807, 2.05) is 18.2 Å². The summed E-state index contributed by atoms with van der Waals surface area (Å²) in [6.45, 7) is 6.48. The molecule has 1 aliphatic carbocycles. The lowest BCUT2D eigenvalue weighted by Crippen LogP contribution is -2.32. The summed E-state index contributed by atoms with van der Waals surface area (Å²) in [5, 5.41) is 10.6. The van der Waals surface area contributed by atoms with Gasteiger partial charge in [-0.1, -0.05) is 25.5 Å². The second-order valence-corrected chi connectivity index (χ2v) is 7.15. The number of fused-ring (bicyclic) bond motifs is 1. The Hall–Kier alpha value is -1.77. The summed E-state index contributed by atoms with van der Waals surface area (Å²) in [6, 6.07) is 8.11. The molecule has 1 N–H and O–H groups in total. The van der Waals surface area contributed by atoms with Gasteiger partial charge in [0, 0.05) is 11.3 Å². The summed E-state index contributed by atoms with van der Waals surface area (Å²) in [6.07, 6.45) is 2.55. The number of hydrogen-bond donors (Lipinski definition) is 1. The highest BCUT2D eigenvalue weighted by Gasteiger charge is 2.40. The molecule has 0 radical (unpaired) electrons. The third-order valence-corrected chi connectivity index (χ3v) is 4.76. The van der Waals surface area contributed by atoms with Gasteiger partial charge in [-0.25, -0.2) is 0 Å². The summed E-state index contributed by atoms with van der Waals surface area (Å²) in [5.41, 5.74) is 2.21. The number of furan rings is 1. The first-order valence-corrected chi connectivity index (χ1v) is 7.59. The van der Waals surface area contributed by atoms with Gasteiger partial charge in [0.2, 0.25) is 0 Å². The van der Waals surface area contributed by atoms with Gasteiger partial charge in [-0.2, -0.15) is 0 Å². The number of benzene rings is 1. The van der Waals surface area contributed by atoms with Crippen molar-refractivity contribution >= 4 is 16.9 Å². The number of aliphatic carboxylic acids is 1. The van der Waals surface area contributed by atoms with Crippen LogP contribution in [-0.4, -0.2) is 11.1 Å². The van der Waals surface area contributed by atoms with E-state index in [9.17, 15) is 9.90 Å². The Morgan fingerprint density at radius 2 is 2.10 bits per heavy atom. The van der Waals surface area contributed by atoms with E-state index in [0.29, 0.717) is 0 Å². The molecule has 1 aromatic carbocycles. The Bertz CT molecular complexity index is 681. The molecule has 1 saturated carbocycles. The van der Waals surface area contributed by atoms with Crippen LogP contribution in [0.2, 0.25) is 0 Å². The molecule has 2 aromatic rings. The van der Waals surface area contributed by atoms with Crippen LogP contribution in [-0.2, 0) is 4.79 Å². The zero-order chi connectivity index (χ0) is 15.2. The van der Waals surface area contributed by atoms with Crippen molar-refractivity contribution in [2.75, 3.05) is 0 Å². The Morgan fingerprint density at radius 3 is 2.81 bits per heavy atom. The largest absolute Gasteiger partial charge is 0.481 e. The molecule has 0 saturated heterocycles. The summed E-state index contributed by atoms with van der Waals surface area (Å²) in [5.74, 6) is -0.235. The molecule has 21 heavy (non-hydrogen) atoms. The van der Waals surface area contributed by atoms with Crippen LogP contribution in [0.1, 0.15) is 50.4 Å². The van der Waals surface area contributed by atoms with Crippen molar-refractivity contribution in [2.45, 2.75) is 46.0 Å². The Morgan fingerprint density at radius 1 is 1.33 bits per heavy atom. The standard InChI is InChI=1S/C18H22O3/c1-11-4-5-15-12(8-11)9-16(21-15)14-10-18(2,3)7-6-13(14)17(19)20/h4-5,8-9,13-14H,6-7,10H2,1-3H3,(H,19,20). The lowest BCUT2D eigenvalue weighted by atomic mass is 9.66. The highest BCUT2D eigenvalue weighted by atomic mass is 16.4. The van der Waals surface area contributed by atoms with Crippen molar-refractivity contribution in [1.29, 1.82) is 0 Å². The van der Waals surface area contributed by atoms with Gasteiger partial charge in [0.25, 0.3) is 0 Å². The van der Waals surface area contributed by atoms with E-state index in [2.05, 4.69) is 26.8 Å². The summed E-state index contributed by atoms with van der Waals surface area (Å²) in [4.78, 5) is 11.6. The normalized spacial score (nSPS) is 25.1. The quantitative estimate of drug-likeness (QED) is 0.867. The maximum Gasteiger partial charge on any atom is 0.307 e. The molecule has 1 heterocycles. The number of aryl methyl sites for hydroxylation is 1. The third kappa shape index (κ3) is 2.69. The number of rotatable bonds is 2. The minimum Gasteiger partial charge on any atom is -0.481 e. The van der Waals surface area contributed by atoms with E-state index in [1.165, 1.54) is 5.56 Å². The van der Waals surface area contributed by atoms with Crippen LogP contribution in [0.3, 0.4) is 0 Å². The lowest BCUT2D eigenvalue weighted by Gasteiger charge is -2.38. The molecule has 0 aliphatic heterocycles. The average molecular weight is 286 g/mol. The van der Waals surface area contributed by atoms with Crippen LogP contribution in [0, 0.1) is 18.3 Å². The summed E-state index contributed by atoms with van der Waals surface area (Å²) >= 11 is 0. The Labute approximate surface area is 125 Å². The first-order valence-electron chi connectivity index (χ1n) is 7.59. The van der Waals surface area contributed by atoms with Crippen molar-refractivity contribution in [1.82, 2.24) is 0 Å². The molecule has 1 aliphatic rings. The molecule has 1 aromatic heterocycles. The number of hydrogen-bond acceptors (Lipinski definition) is 2. The van der Waals surface area contributed by atoms with Crippen LogP contribution >= 0.6 is 0 Å². The molecule has 1 fully saturated rings. The van der Waals surface area contributed by atoms with Crippen LogP contribution < -0.4 is 0 Å². The molecule has 2 atom stereocenters. The Kier molecular flexibility index (Phi) is 3.31. The fourth-order valence-electron chi connectivity index (χ4n) is 3.55. The zero-order valence-corrected chi connectivity index (χ0v) is 12.8. The lowest BCUT2D eigenvalue weighted by molar-refractivity contribution is -0.144. The zero-order valence-electron chi connectivity index (χ0n) is 12.8. The monoisotopic (exact) mass is 286 g/mol. The first-order chi connectivity index (χ1) is 9.85. The molecule has 0 spiro atoms. The highest BCUT2D eigenvalue weighted by molar-refractivity contribution is 5.79. The predicted molar refractivity (Wildman–Crippen MR) is 82.4 cm³/mol. The van der Waals surface area contributed by atoms with Crippen molar-refractivity contribution in [3.63, 3.8) is 0 Å². The topological polar surface area (TPSA) is 50.4 Å². The maximum atomic E-state index is 11.6. The van der Waals surface area contributed by atoms with Crippen molar-refractivity contribution in [2.24, 2.45) is 11.3 Å². The smallest absolute Gasteiger partial charge is 0.307 e. The number of carboxylic acids is 1. The number of carbonyl (C=O) groups is 1. The van der Waals surface area contributed by atoms with Gasteiger partial charge in [-0.05, 0) is 49.8 Å². The van der Waals surface area contributed by atoms with Gasteiger partial charge in [0.05, 0.1) is 5.92 Å². The van der Waals surface area contributed by atoms with Crippen molar-refractivity contribution < 1.29 is 14.3 Å². The molecule has 0 bridgehead atoms. The van der Waals surface area contributed by atoms with Gasteiger partial charge in [0.1, 0.15) is 11.3 Å². The second kappa shape index (κ2) is 4.90. The Balaban J connectivity index is 2.02. The van der Waals surface area contributed by atoms with Crippen LogP contribution in [0.25, 0.3) is 11.0 Å². The van der Waals surface area contributed by atoms with E-state index in [4.69, 9.17) is 4.42 Å². The van der Waals surface area contributed by atoms with E-state index < -0.39 is 5.97 Å². The van der Waals surface area contributed by atoms with Crippen molar-refractivity contribution in [3.05, 3.63) is 35.6 Å². The molecule has 112 valence electrons. The average Bonchev–Trinajstić information content (AvgIpc) is 2.80. The summed E-state index contributed by atoms with van der Waals surface area (Å²) < 4.78 is 5.97.